The van der Waals surface area contributed by atoms with Gasteiger partial charge in [-0.1, -0.05) is 158 Å². The second-order valence-electron chi connectivity index (χ2n) is 25.6. The van der Waals surface area contributed by atoms with Gasteiger partial charge in [0.25, 0.3) is 17.7 Å². The van der Waals surface area contributed by atoms with Gasteiger partial charge in [-0.2, -0.15) is 25.7 Å². The highest BCUT2D eigenvalue weighted by Crippen LogP contribution is 2.31. The predicted molar refractivity (Wildman–Crippen MR) is 434 cm³/mol. The summed E-state index contributed by atoms with van der Waals surface area (Å²) in [4.78, 5) is 53.6. The van der Waals surface area contributed by atoms with Crippen molar-refractivity contribution in [1.82, 2.24) is 44.1 Å². The van der Waals surface area contributed by atoms with Gasteiger partial charge in [0.05, 0.1) is 84.1 Å². The number of benzene rings is 10. The first kappa shape index (κ1) is 74.5. The number of nitrogens with two attached hydrogens (primary N) is 5. The molecule has 4 amide bonds. The number of hydrogen-bond donors (Lipinski definition) is 8. The van der Waals surface area contributed by atoms with Gasteiger partial charge in [-0.3, -0.25) is 42.9 Å². The molecular formula is C88H78N18O4. The number of nitrogens with zero attached hydrogens (tertiary/aromatic N) is 10. The Morgan fingerprint density at radius 3 is 1.51 bits per heavy atom. The molecule has 0 spiro atoms. The second-order valence-corrected chi connectivity index (χ2v) is 25.6. The Bertz CT molecular complexity index is 5730. The molecule has 5 aromatic heterocycles. The maximum Gasteiger partial charge on any atom is 0.255 e. The Balaban J connectivity index is 0.000000137. The van der Waals surface area contributed by atoms with Gasteiger partial charge < -0.3 is 44.6 Å². The molecule has 0 unspecified atom stereocenters. The van der Waals surface area contributed by atoms with Crippen LogP contribution >= 0.6 is 0 Å². The molecule has 22 nitrogen and oxygen atoms in total. The maximum atomic E-state index is 12.6. The van der Waals surface area contributed by atoms with Crippen LogP contribution in [-0.4, -0.2) is 67.7 Å². The van der Waals surface area contributed by atoms with E-state index in [0.29, 0.717) is 99.5 Å². The summed E-state index contributed by atoms with van der Waals surface area (Å²) >= 11 is 0. The minimum absolute atomic E-state index is 0.177. The molecule has 0 fully saturated rings. The average Bonchev–Trinajstić information content (AvgIpc) is 1.23. The number of nitrogens with one attached hydrogen (secondary N) is 3. The first-order chi connectivity index (χ1) is 53.5. The molecule has 0 saturated carbocycles. The van der Waals surface area contributed by atoms with E-state index in [-0.39, 0.29) is 17.7 Å². The lowest BCUT2D eigenvalue weighted by molar-refractivity contribution is 0.0996. The van der Waals surface area contributed by atoms with Crippen molar-refractivity contribution in [2.75, 3.05) is 38.9 Å². The van der Waals surface area contributed by atoms with Crippen LogP contribution in [0.4, 0.5) is 39.8 Å². The van der Waals surface area contributed by atoms with Crippen LogP contribution < -0.4 is 44.6 Å². The zero-order valence-corrected chi connectivity index (χ0v) is 60.3. The van der Waals surface area contributed by atoms with Crippen LogP contribution in [0, 0.1) is 25.2 Å². The van der Waals surface area contributed by atoms with Gasteiger partial charge in [0.15, 0.2) is 5.69 Å². The highest BCUT2D eigenvalue weighted by molar-refractivity contribution is 6.07. The van der Waals surface area contributed by atoms with Crippen molar-refractivity contribution in [3.63, 3.8) is 0 Å². The van der Waals surface area contributed by atoms with Crippen molar-refractivity contribution in [2.24, 2.45) is 5.73 Å². The number of pyridine rings is 1. The minimum atomic E-state index is -0.509. The van der Waals surface area contributed by atoms with Crippen LogP contribution in [-0.2, 0) is 26.2 Å². The molecule has 0 aliphatic carbocycles. The quantitative estimate of drug-likeness (QED) is 0.0349. The number of carbonyl (C=O) groups excluding carboxylic acids is 4. The molecule has 10 aromatic carbocycles. The van der Waals surface area contributed by atoms with E-state index >= 15 is 0 Å². The number of nitrogen functional groups attached to an aromatic ring is 4. The molecule has 0 radical (unpaired) electrons. The van der Waals surface area contributed by atoms with E-state index in [0.717, 1.165) is 72.7 Å². The number of rotatable bonds is 19. The normalized spacial score (nSPS) is 10.6. The van der Waals surface area contributed by atoms with Crippen molar-refractivity contribution in [3.05, 3.63) is 372 Å². The van der Waals surface area contributed by atoms with Crippen molar-refractivity contribution in [1.29, 1.82) is 5.26 Å². The third-order valence-electron chi connectivity index (χ3n) is 17.9. The molecule has 0 aliphatic rings. The number of primary amides is 1. The standard InChI is InChI=1S/C25H24N4O.C23H20N4O.C22H19N5O.C18H15N5O/c1-17-14-20(25(30)28-24-11-7-6-10-23(24)26)12-13-21(17)16-29-18(2)22(15-27-29)19-8-4-3-5-9-19;24-21-8-4-5-9-22(21)26-23(28)19-12-10-17(11-13-19)15-27-16-20(14-25-27)18-6-2-1-3-7-18;23-18-5-1-2-6-19(18)26-22(28)17-10-8-16(9-11-17)15-27-21(12-14-25-27)20-7-3-4-13-24-20;19-10-13-7-8-23(22-13)11-12-5-6-15(18(21)24)16(9-12)14-3-1-2-4-17(14)20/h3-15H,16,26H2,1-2H3,(H,28,30);1-14,16H,15,24H2,(H,26,28);1-14H,15,23H2,(H,26,28);1-9H,11,20H2,(H2,21,24). The molecule has 0 atom stereocenters. The SMILES string of the molecule is Cc1cc(C(=O)Nc2ccccc2N)ccc1Cn1ncc(-c2ccccc2)c1C.N#Cc1ccn(Cc2ccc(C(N)=O)c(-c3ccccc3N)c2)n1.Nc1ccccc1NC(=O)c1ccc(Cn2cc(-c3ccccc3)cn2)cc1.Nc1ccccc1NC(=O)c1ccc(Cn2nccc2-c2ccccn2)cc1. The molecule has 15 aromatic rings. The van der Waals surface area contributed by atoms with E-state index in [2.05, 4.69) is 72.5 Å². The molecule has 13 N–H and O–H groups in total. The third kappa shape index (κ3) is 19.2. The predicted octanol–water partition coefficient (Wildman–Crippen LogP) is 15.5. The summed E-state index contributed by atoms with van der Waals surface area (Å²) in [5.41, 5.74) is 49.8. The van der Waals surface area contributed by atoms with Gasteiger partial charge in [0.2, 0.25) is 5.91 Å². The van der Waals surface area contributed by atoms with Gasteiger partial charge in [-0.05, 0) is 174 Å². The van der Waals surface area contributed by atoms with Crippen LogP contribution in [0.3, 0.4) is 0 Å². The number of carbonyl (C=O) groups is 4. The Kier molecular flexibility index (Phi) is 24.0. The highest BCUT2D eigenvalue weighted by Gasteiger charge is 2.18. The molecule has 0 bridgehead atoms. The fraction of sp³-hybridized carbons (Fsp3) is 0.0682. The van der Waals surface area contributed by atoms with E-state index in [1.807, 2.05) is 228 Å². The van der Waals surface area contributed by atoms with Crippen LogP contribution in [0.15, 0.2) is 310 Å². The van der Waals surface area contributed by atoms with E-state index in [9.17, 15) is 19.2 Å². The van der Waals surface area contributed by atoms with Gasteiger partial charge in [-0.15, -0.1) is 0 Å². The first-order valence-electron chi connectivity index (χ1n) is 35.1. The summed E-state index contributed by atoms with van der Waals surface area (Å²) in [6.45, 7) is 6.45. The Labute approximate surface area is 635 Å². The smallest absolute Gasteiger partial charge is 0.255 e. The van der Waals surface area contributed by atoms with E-state index in [4.69, 9.17) is 33.9 Å². The molecule has 22 heteroatoms. The summed E-state index contributed by atoms with van der Waals surface area (Å²) in [7, 11) is 0. The zero-order chi connectivity index (χ0) is 76.9. The summed E-state index contributed by atoms with van der Waals surface area (Å²) < 4.78 is 7.44. The summed E-state index contributed by atoms with van der Waals surface area (Å²) in [5, 5.41) is 34.9. The fourth-order valence-electron chi connectivity index (χ4n) is 12.0. The van der Waals surface area contributed by atoms with Crippen LogP contribution in [0.1, 0.15) is 80.6 Å². The Hall–Kier alpha value is -15.2. The summed E-state index contributed by atoms with van der Waals surface area (Å²) in [6, 6.07) is 86.8. The number of aromatic nitrogens is 9. The number of amides is 4. The molecule has 110 heavy (non-hydrogen) atoms. The van der Waals surface area contributed by atoms with Crippen molar-refractivity contribution in [2.45, 2.75) is 40.0 Å². The first-order valence-corrected chi connectivity index (χ1v) is 35.1. The van der Waals surface area contributed by atoms with Crippen LogP contribution in [0.5, 0.6) is 0 Å². The Morgan fingerprint density at radius 2 is 0.955 bits per heavy atom. The molecule has 0 aliphatic heterocycles. The number of nitriles is 1. The summed E-state index contributed by atoms with van der Waals surface area (Å²) in [6.07, 6.45) is 11.0. The second kappa shape index (κ2) is 35.5. The van der Waals surface area contributed by atoms with Gasteiger partial charge >= 0.3 is 0 Å². The molecule has 5 heterocycles. The lowest BCUT2D eigenvalue weighted by atomic mass is 9.95. The molecular weight excluding hydrogens is 1370 g/mol. The molecule has 0 saturated heterocycles. The monoisotopic (exact) mass is 1450 g/mol. The minimum Gasteiger partial charge on any atom is -0.398 e. The van der Waals surface area contributed by atoms with Gasteiger partial charge in [0, 0.05) is 75.1 Å². The van der Waals surface area contributed by atoms with E-state index in [1.54, 1.807) is 90.0 Å². The molecule has 544 valence electrons. The van der Waals surface area contributed by atoms with E-state index in [1.165, 1.54) is 0 Å². The molecule has 15 rings (SSSR count). The van der Waals surface area contributed by atoms with Crippen molar-refractivity contribution < 1.29 is 19.2 Å². The van der Waals surface area contributed by atoms with E-state index < -0.39 is 5.91 Å². The Morgan fingerprint density at radius 1 is 0.427 bits per heavy atom. The lowest BCUT2D eigenvalue weighted by Crippen LogP contribution is -2.14. The lowest BCUT2D eigenvalue weighted by Gasteiger charge is -2.12. The van der Waals surface area contributed by atoms with Crippen LogP contribution in [0.25, 0.3) is 44.8 Å². The maximum absolute atomic E-state index is 12.6. The van der Waals surface area contributed by atoms with Gasteiger partial charge in [-0.25, -0.2) is 0 Å². The number of anilines is 7. The number of aryl methyl sites for hydroxylation is 1. The van der Waals surface area contributed by atoms with Crippen molar-refractivity contribution in [3.8, 4) is 50.8 Å². The van der Waals surface area contributed by atoms with Gasteiger partial charge in [0.1, 0.15) is 6.07 Å². The fourth-order valence-corrected chi connectivity index (χ4v) is 12.0. The van der Waals surface area contributed by atoms with Crippen molar-refractivity contribution >= 4 is 63.4 Å². The number of hydrogen-bond acceptors (Lipinski definition) is 14. The highest BCUT2D eigenvalue weighted by atomic mass is 16.2. The van der Waals surface area contributed by atoms with Crippen LogP contribution in [0.2, 0.25) is 0 Å². The topological polar surface area (TPSA) is 342 Å². The zero-order valence-electron chi connectivity index (χ0n) is 60.3. The average molecular weight is 1450 g/mol. The third-order valence-corrected chi connectivity index (χ3v) is 17.9. The number of para-hydroxylation sites is 7. The summed E-state index contributed by atoms with van der Waals surface area (Å²) in [5.74, 6) is -1.07. The largest absolute Gasteiger partial charge is 0.398 e.